The molecule has 110 valence electrons. The summed E-state index contributed by atoms with van der Waals surface area (Å²) < 4.78 is 39.7. The molecular weight excluding hydrogens is 297 g/mol. The number of carbonyl (C=O) groups is 1. The lowest BCUT2D eigenvalue weighted by molar-refractivity contribution is 0.0696. The number of benzene rings is 2. The van der Waals surface area contributed by atoms with Crippen LogP contribution in [0.3, 0.4) is 0 Å². The third-order valence-electron chi connectivity index (χ3n) is 2.84. The van der Waals surface area contributed by atoms with Crippen LogP contribution in [0, 0.1) is 12.7 Å². The van der Waals surface area contributed by atoms with Gasteiger partial charge in [0.1, 0.15) is 5.82 Å². The van der Waals surface area contributed by atoms with Gasteiger partial charge >= 0.3 is 5.97 Å². The Morgan fingerprint density at radius 3 is 2.29 bits per heavy atom. The van der Waals surface area contributed by atoms with E-state index in [4.69, 9.17) is 5.11 Å². The second-order valence-corrected chi connectivity index (χ2v) is 6.08. The predicted octanol–water partition coefficient (Wildman–Crippen LogP) is 2.63. The summed E-state index contributed by atoms with van der Waals surface area (Å²) in [5, 5.41) is 8.78. The van der Waals surface area contributed by atoms with Crippen molar-refractivity contribution in [3.05, 3.63) is 59.4 Å². The smallest absolute Gasteiger partial charge is 0.335 e. The number of nitrogens with one attached hydrogen (secondary N) is 1. The molecule has 0 aromatic heterocycles. The summed E-state index contributed by atoms with van der Waals surface area (Å²) in [6.45, 7) is 1.58. The highest BCUT2D eigenvalue weighted by Gasteiger charge is 2.16. The monoisotopic (exact) mass is 309 g/mol. The molecule has 2 N–H and O–H groups in total. The van der Waals surface area contributed by atoms with E-state index < -0.39 is 21.8 Å². The molecule has 0 amide bonds. The maximum absolute atomic E-state index is 13.0. The van der Waals surface area contributed by atoms with Gasteiger partial charge in [-0.3, -0.25) is 4.72 Å². The van der Waals surface area contributed by atoms with Crippen LogP contribution in [-0.2, 0) is 10.0 Å². The number of carboxylic acid groups (broad SMARTS) is 1. The predicted molar refractivity (Wildman–Crippen MR) is 75.3 cm³/mol. The van der Waals surface area contributed by atoms with Gasteiger partial charge in [-0.15, -0.1) is 0 Å². The van der Waals surface area contributed by atoms with Gasteiger partial charge in [0.05, 0.1) is 16.1 Å². The molecule has 0 aliphatic rings. The van der Waals surface area contributed by atoms with Gasteiger partial charge in [-0.05, 0) is 55.0 Å². The van der Waals surface area contributed by atoms with E-state index in [1.54, 1.807) is 6.92 Å². The van der Waals surface area contributed by atoms with Crippen LogP contribution in [0.4, 0.5) is 10.1 Å². The van der Waals surface area contributed by atoms with Crippen LogP contribution in [-0.4, -0.2) is 19.5 Å². The Morgan fingerprint density at radius 1 is 1.14 bits per heavy atom. The van der Waals surface area contributed by atoms with E-state index in [-0.39, 0.29) is 16.1 Å². The Hall–Kier alpha value is -2.41. The average molecular weight is 309 g/mol. The Labute approximate surface area is 121 Å². The van der Waals surface area contributed by atoms with E-state index in [1.807, 2.05) is 0 Å². The SMILES string of the molecule is Cc1cc(F)ccc1NS(=O)(=O)c1ccc(C(=O)O)cc1. The fourth-order valence-electron chi connectivity index (χ4n) is 1.72. The zero-order valence-electron chi connectivity index (χ0n) is 11.0. The Balaban J connectivity index is 2.31. The normalized spacial score (nSPS) is 11.1. The highest BCUT2D eigenvalue weighted by Crippen LogP contribution is 2.20. The number of sulfonamides is 1. The second kappa shape index (κ2) is 5.53. The number of hydrogen-bond acceptors (Lipinski definition) is 3. The van der Waals surface area contributed by atoms with E-state index in [0.29, 0.717) is 5.56 Å². The molecule has 2 rings (SSSR count). The summed E-state index contributed by atoms with van der Waals surface area (Å²) in [4.78, 5) is 10.7. The molecule has 21 heavy (non-hydrogen) atoms. The van der Waals surface area contributed by atoms with Gasteiger partial charge in [-0.2, -0.15) is 0 Å². The van der Waals surface area contributed by atoms with Gasteiger partial charge in [0, 0.05) is 0 Å². The van der Waals surface area contributed by atoms with E-state index in [1.165, 1.54) is 36.4 Å². The molecule has 0 saturated carbocycles. The Kier molecular flexibility index (Phi) is 3.95. The third-order valence-corrected chi connectivity index (χ3v) is 4.23. The summed E-state index contributed by atoms with van der Waals surface area (Å²) in [5.41, 5.74) is 0.700. The van der Waals surface area contributed by atoms with Crippen molar-refractivity contribution in [3.8, 4) is 0 Å². The van der Waals surface area contributed by atoms with Crippen molar-refractivity contribution in [3.63, 3.8) is 0 Å². The number of aryl methyl sites for hydroxylation is 1. The van der Waals surface area contributed by atoms with Crippen LogP contribution in [0.15, 0.2) is 47.4 Å². The standard InChI is InChI=1S/C14H12FNO4S/c1-9-8-11(15)4-7-13(9)16-21(19,20)12-5-2-10(3-6-12)14(17)18/h2-8,16H,1H3,(H,17,18). The summed E-state index contributed by atoms with van der Waals surface area (Å²) in [7, 11) is -3.86. The molecule has 0 saturated heterocycles. The van der Waals surface area contributed by atoms with Crippen LogP contribution in [0.2, 0.25) is 0 Å². The maximum atomic E-state index is 13.0. The summed E-state index contributed by atoms with van der Waals surface area (Å²) in [6, 6.07) is 8.50. The topological polar surface area (TPSA) is 83.5 Å². The lowest BCUT2D eigenvalue weighted by Gasteiger charge is -2.10. The Morgan fingerprint density at radius 2 is 1.76 bits per heavy atom. The number of aromatic carboxylic acids is 1. The van der Waals surface area contributed by atoms with Crippen LogP contribution < -0.4 is 4.72 Å². The number of halogens is 1. The first kappa shape index (κ1) is 15.0. The van der Waals surface area contributed by atoms with Crippen molar-refractivity contribution in [1.29, 1.82) is 0 Å². The average Bonchev–Trinajstić information content (AvgIpc) is 2.42. The van der Waals surface area contributed by atoms with Gasteiger partial charge < -0.3 is 5.11 Å². The van der Waals surface area contributed by atoms with Crippen LogP contribution >= 0.6 is 0 Å². The van der Waals surface area contributed by atoms with Crippen LogP contribution in [0.25, 0.3) is 0 Å². The van der Waals surface area contributed by atoms with Gasteiger partial charge in [-0.25, -0.2) is 17.6 Å². The van der Waals surface area contributed by atoms with E-state index in [0.717, 1.165) is 6.07 Å². The summed E-state index contributed by atoms with van der Waals surface area (Å²) in [5.74, 6) is -1.59. The molecule has 0 spiro atoms. The first-order valence-electron chi connectivity index (χ1n) is 5.92. The van der Waals surface area contributed by atoms with E-state index in [9.17, 15) is 17.6 Å². The zero-order valence-corrected chi connectivity index (χ0v) is 11.8. The quantitative estimate of drug-likeness (QED) is 0.909. The highest BCUT2D eigenvalue weighted by atomic mass is 32.2. The van der Waals surface area contributed by atoms with E-state index in [2.05, 4.69) is 4.72 Å². The van der Waals surface area contributed by atoms with Crippen molar-refractivity contribution in [2.45, 2.75) is 11.8 Å². The summed E-state index contributed by atoms with van der Waals surface area (Å²) >= 11 is 0. The van der Waals surface area contributed by atoms with Crippen LogP contribution in [0.5, 0.6) is 0 Å². The first-order chi connectivity index (χ1) is 9.79. The molecule has 0 aliphatic heterocycles. The van der Waals surface area contributed by atoms with Crippen molar-refractivity contribution in [2.75, 3.05) is 4.72 Å². The highest BCUT2D eigenvalue weighted by molar-refractivity contribution is 7.92. The van der Waals surface area contributed by atoms with Crippen molar-refractivity contribution in [2.24, 2.45) is 0 Å². The molecular formula is C14H12FNO4S. The Bertz CT molecular complexity index is 785. The van der Waals surface area contributed by atoms with Gasteiger partial charge in [0.25, 0.3) is 10.0 Å². The van der Waals surface area contributed by atoms with Gasteiger partial charge in [0.15, 0.2) is 0 Å². The molecule has 0 atom stereocenters. The molecule has 2 aromatic rings. The molecule has 0 fully saturated rings. The third kappa shape index (κ3) is 3.38. The van der Waals surface area contributed by atoms with E-state index >= 15 is 0 Å². The first-order valence-corrected chi connectivity index (χ1v) is 7.40. The van der Waals surface area contributed by atoms with Crippen LogP contribution in [0.1, 0.15) is 15.9 Å². The fourth-order valence-corrected chi connectivity index (χ4v) is 2.85. The molecule has 0 aliphatic carbocycles. The molecule has 0 heterocycles. The number of rotatable bonds is 4. The number of carboxylic acids is 1. The minimum absolute atomic E-state index is 0.00749. The second-order valence-electron chi connectivity index (χ2n) is 4.39. The molecule has 7 heteroatoms. The largest absolute Gasteiger partial charge is 0.478 e. The maximum Gasteiger partial charge on any atom is 0.335 e. The van der Waals surface area contributed by atoms with Crippen molar-refractivity contribution < 1.29 is 22.7 Å². The minimum atomic E-state index is -3.86. The lowest BCUT2D eigenvalue weighted by atomic mass is 10.2. The molecule has 0 bridgehead atoms. The lowest BCUT2D eigenvalue weighted by Crippen LogP contribution is -2.14. The summed E-state index contributed by atoms with van der Waals surface area (Å²) in [6.07, 6.45) is 0. The number of anilines is 1. The van der Waals surface area contributed by atoms with Crippen molar-refractivity contribution >= 4 is 21.7 Å². The molecule has 0 unspecified atom stereocenters. The molecule has 0 radical (unpaired) electrons. The fraction of sp³-hybridized carbons (Fsp3) is 0.0714. The van der Waals surface area contributed by atoms with Gasteiger partial charge in [0.2, 0.25) is 0 Å². The number of hydrogen-bond donors (Lipinski definition) is 2. The molecule has 2 aromatic carbocycles. The molecule has 5 nitrogen and oxygen atoms in total. The minimum Gasteiger partial charge on any atom is -0.478 e. The van der Waals surface area contributed by atoms with Crippen molar-refractivity contribution in [1.82, 2.24) is 0 Å². The van der Waals surface area contributed by atoms with Gasteiger partial charge in [-0.1, -0.05) is 0 Å². The zero-order chi connectivity index (χ0) is 15.6.